The van der Waals surface area contributed by atoms with Crippen LogP contribution >= 0.6 is 0 Å². The Bertz CT molecular complexity index is 443. The summed E-state index contributed by atoms with van der Waals surface area (Å²) in [6, 6.07) is 0.125. The summed E-state index contributed by atoms with van der Waals surface area (Å²) in [6.45, 7) is 5.61. The van der Waals surface area contributed by atoms with Gasteiger partial charge in [0, 0.05) is 25.1 Å². The first-order valence-electron chi connectivity index (χ1n) is 6.13. The Kier molecular flexibility index (Phi) is 5.12. The Hall–Kier alpha value is -1.18. The van der Waals surface area contributed by atoms with Crippen molar-refractivity contribution in [2.75, 3.05) is 7.11 Å². The molecule has 1 rings (SSSR count). The monoisotopic (exact) mass is 291 g/mol. The van der Waals surface area contributed by atoms with Gasteiger partial charge in [0.25, 0.3) is 0 Å². The summed E-state index contributed by atoms with van der Waals surface area (Å²) in [7, 11) is 1.45. The van der Waals surface area contributed by atoms with Gasteiger partial charge in [0.05, 0.1) is 17.7 Å². The minimum atomic E-state index is -4.47. The number of rotatable bonds is 4. The summed E-state index contributed by atoms with van der Waals surface area (Å²) in [6.07, 6.45) is -2.73. The number of nitrogens with zero attached hydrogens (tertiary/aromatic N) is 1. The number of nitrogens with two attached hydrogens (primary N) is 1. The smallest absolute Gasteiger partial charge is 0.379 e. The van der Waals surface area contributed by atoms with E-state index in [1.54, 1.807) is 0 Å². The van der Waals surface area contributed by atoms with Gasteiger partial charge in [-0.25, -0.2) is 0 Å². The third-order valence-electron chi connectivity index (χ3n) is 3.08. The second-order valence-electron chi connectivity index (χ2n) is 5.63. The summed E-state index contributed by atoms with van der Waals surface area (Å²) < 4.78 is 44.6. The molecule has 20 heavy (non-hydrogen) atoms. The molecule has 1 heterocycles. The number of aromatic nitrogens is 1. The van der Waals surface area contributed by atoms with Gasteiger partial charge in [0.15, 0.2) is 0 Å². The number of methoxy groups -OCH3 is 1. The molecule has 1 aromatic heterocycles. The van der Waals surface area contributed by atoms with Gasteiger partial charge in [-0.3, -0.25) is 16.3 Å². The van der Waals surface area contributed by atoms with Crippen LogP contribution in [0.15, 0.2) is 18.5 Å². The highest BCUT2D eigenvalue weighted by molar-refractivity contribution is 5.30. The van der Waals surface area contributed by atoms with E-state index < -0.39 is 29.3 Å². The first-order chi connectivity index (χ1) is 9.12. The number of hydrogen-bond acceptors (Lipinski definition) is 4. The van der Waals surface area contributed by atoms with Gasteiger partial charge in [-0.2, -0.15) is 13.2 Å². The Morgan fingerprint density at radius 1 is 1.30 bits per heavy atom. The molecule has 4 nitrogen and oxygen atoms in total. The van der Waals surface area contributed by atoms with Crippen LogP contribution in [0.5, 0.6) is 0 Å². The molecule has 0 aliphatic rings. The molecule has 0 fully saturated rings. The largest absolute Gasteiger partial charge is 0.416 e. The number of hydrazine groups is 1. The molecule has 2 unspecified atom stereocenters. The van der Waals surface area contributed by atoms with Crippen LogP contribution in [0.4, 0.5) is 13.2 Å². The van der Waals surface area contributed by atoms with E-state index in [-0.39, 0.29) is 5.56 Å². The number of halogens is 3. The van der Waals surface area contributed by atoms with Crippen molar-refractivity contribution >= 4 is 0 Å². The third-order valence-corrected chi connectivity index (χ3v) is 3.08. The van der Waals surface area contributed by atoms with E-state index in [1.807, 2.05) is 20.8 Å². The number of alkyl halides is 3. The van der Waals surface area contributed by atoms with Crippen molar-refractivity contribution in [3.63, 3.8) is 0 Å². The van der Waals surface area contributed by atoms with Crippen molar-refractivity contribution in [3.05, 3.63) is 29.6 Å². The van der Waals surface area contributed by atoms with Crippen LogP contribution in [0.1, 0.15) is 37.9 Å². The first-order valence-corrected chi connectivity index (χ1v) is 6.13. The van der Waals surface area contributed by atoms with E-state index in [1.165, 1.54) is 13.3 Å². The zero-order valence-electron chi connectivity index (χ0n) is 12.0. The second-order valence-corrected chi connectivity index (χ2v) is 5.63. The van der Waals surface area contributed by atoms with Gasteiger partial charge in [-0.15, -0.1) is 0 Å². The molecule has 2 atom stereocenters. The lowest BCUT2D eigenvalue weighted by molar-refractivity contribution is -0.139. The lowest BCUT2D eigenvalue weighted by atomic mass is 9.81. The summed E-state index contributed by atoms with van der Waals surface area (Å²) in [5, 5.41) is 0. The highest BCUT2D eigenvalue weighted by atomic mass is 19.4. The third kappa shape index (κ3) is 3.68. The highest BCUT2D eigenvalue weighted by Crippen LogP contribution is 2.38. The summed E-state index contributed by atoms with van der Waals surface area (Å²) in [5.41, 5.74) is 1.24. The average molecular weight is 291 g/mol. The molecule has 0 bridgehead atoms. The molecule has 7 heteroatoms. The van der Waals surface area contributed by atoms with Crippen molar-refractivity contribution in [2.45, 2.75) is 39.1 Å². The molecule has 0 amide bonds. The van der Waals surface area contributed by atoms with E-state index in [9.17, 15) is 13.2 Å². The van der Waals surface area contributed by atoms with Gasteiger partial charge in [0.2, 0.25) is 0 Å². The van der Waals surface area contributed by atoms with Crippen LogP contribution in [-0.2, 0) is 10.9 Å². The molecule has 0 aliphatic heterocycles. The zero-order chi connectivity index (χ0) is 15.6. The summed E-state index contributed by atoms with van der Waals surface area (Å²) >= 11 is 0. The number of nitrogens with one attached hydrogen (secondary N) is 1. The quantitative estimate of drug-likeness (QED) is 0.661. The Balaban J connectivity index is 3.33. The van der Waals surface area contributed by atoms with Crippen LogP contribution in [0, 0.1) is 5.41 Å². The normalized spacial score (nSPS) is 16.0. The zero-order valence-corrected chi connectivity index (χ0v) is 12.0. The predicted octanol–water partition coefficient (Wildman–Crippen LogP) is 2.67. The van der Waals surface area contributed by atoms with Crippen molar-refractivity contribution in [1.29, 1.82) is 0 Å². The van der Waals surface area contributed by atoms with E-state index in [4.69, 9.17) is 10.6 Å². The SMILES string of the molecule is COC(C(NN)c1cnccc1C(F)(F)F)C(C)(C)C. The second kappa shape index (κ2) is 6.07. The molecule has 0 saturated carbocycles. The maximum absolute atomic E-state index is 13.1. The minimum Gasteiger partial charge on any atom is -0.379 e. The lowest BCUT2D eigenvalue weighted by Crippen LogP contribution is -2.45. The fourth-order valence-electron chi connectivity index (χ4n) is 2.24. The average Bonchev–Trinajstić information content (AvgIpc) is 2.33. The van der Waals surface area contributed by atoms with Crippen LogP contribution < -0.4 is 11.3 Å². The van der Waals surface area contributed by atoms with Crippen molar-refractivity contribution in [1.82, 2.24) is 10.4 Å². The van der Waals surface area contributed by atoms with Crippen molar-refractivity contribution in [2.24, 2.45) is 11.3 Å². The van der Waals surface area contributed by atoms with Gasteiger partial charge >= 0.3 is 6.18 Å². The van der Waals surface area contributed by atoms with E-state index >= 15 is 0 Å². The first kappa shape index (κ1) is 16.9. The maximum atomic E-state index is 13.1. The van der Waals surface area contributed by atoms with Gasteiger partial charge in [-0.1, -0.05) is 20.8 Å². The summed E-state index contributed by atoms with van der Waals surface area (Å²) in [4.78, 5) is 3.78. The maximum Gasteiger partial charge on any atom is 0.416 e. The van der Waals surface area contributed by atoms with Crippen LogP contribution in [0.3, 0.4) is 0 Å². The molecule has 0 aliphatic carbocycles. The lowest BCUT2D eigenvalue weighted by Gasteiger charge is -2.36. The van der Waals surface area contributed by atoms with Crippen LogP contribution in [0.2, 0.25) is 0 Å². The fourth-order valence-corrected chi connectivity index (χ4v) is 2.24. The Morgan fingerprint density at radius 3 is 2.30 bits per heavy atom. The van der Waals surface area contributed by atoms with Gasteiger partial charge < -0.3 is 4.74 Å². The van der Waals surface area contributed by atoms with Crippen LogP contribution in [-0.4, -0.2) is 18.2 Å². The predicted molar refractivity (Wildman–Crippen MR) is 69.6 cm³/mol. The summed E-state index contributed by atoms with van der Waals surface area (Å²) in [5.74, 6) is 5.46. The molecular formula is C13H20F3N3O. The topological polar surface area (TPSA) is 60.2 Å². The van der Waals surface area contributed by atoms with Crippen LogP contribution in [0.25, 0.3) is 0 Å². The Morgan fingerprint density at radius 2 is 1.90 bits per heavy atom. The van der Waals surface area contributed by atoms with Gasteiger partial charge in [0.1, 0.15) is 0 Å². The fraction of sp³-hybridized carbons (Fsp3) is 0.615. The number of hydrogen-bond donors (Lipinski definition) is 2. The molecule has 0 spiro atoms. The van der Waals surface area contributed by atoms with Gasteiger partial charge in [-0.05, 0) is 11.5 Å². The van der Waals surface area contributed by atoms with Crippen molar-refractivity contribution < 1.29 is 17.9 Å². The number of ether oxygens (including phenoxy) is 1. The molecule has 3 N–H and O–H groups in total. The van der Waals surface area contributed by atoms with E-state index in [2.05, 4.69) is 10.4 Å². The molecule has 114 valence electrons. The number of pyridine rings is 1. The molecule has 0 radical (unpaired) electrons. The van der Waals surface area contributed by atoms with Crippen molar-refractivity contribution in [3.8, 4) is 0 Å². The molecule has 1 aromatic rings. The standard InChI is InChI=1S/C13H20F3N3O/c1-12(2,3)11(20-4)10(19-17)8-7-18-6-5-9(8)13(14,15)16/h5-7,10-11,19H,17H2,1-4H3. The van der Waals surface area contributed by atoms with E-state index in [0.29, 0.717) is 0 Å². The molecule has 0 saturated heterocycles. The Labute approximate surface area is 116 Å². The van der Waals surface area contributed by atoms with E-state index in [0.717, 1.165) is 12.3 Å². The minimum absolute atomic E-state index is 0.0238. The molecule has 0 aromatic carbocycles. The molecular weight excluding hydrogens is 271 g/mol. The highest BCUT2D eigenvalue weighted by Gasteiger charge is 2.40.